The Morgan fingerprint density at radius 1 is 1.18 bits per heavy atom. The van der Waals surface area contributed by atoms with Crippen molar-refractivity contribution in [2.45, 2.75) is 45.1 Å². The summed E-state index contributed by atoms with van der Waals surface area (Å²) >= 11 is 1.75. The first-order chi connectivity index (χ1) is 10.5. The number of amides is 1. The van der Waals surface area contributed by atoms with E-state index in [1.54, 1.807) is 11.3 Å². The van der Waals surface area contributed by atoms with E-state index < -0.39 is 0 Å². The molecule has 0 spiro atoms. The summed E-state index contributed by atoms with van der Waals surface area (Å²) in [6.45, 7) is 7.44. The highest BCUT2D eigenvalue weighted by Crippen LogP contribution is 2.35. The largest absolute Gasteiger partial charge is 0.331 e. The molecule has 1 aromatic carbocycles. The van der Waals surface area contributed by atoms with E-state index in [0.29, 0.717) is 0 Å². The fourth-order valence-electron chi connectivity index (χ4n) is 3.07. The summed E-state index contributed by atoms with van der Waals surface area (Å²) in [6.07, 6.45) is 2.17. The Bertz CT molecular complexity index is 637. The fourth-order valence-corrected chi connectivity index (χ4v) is 3.94. The Morgan fingerprint density at radius 3 is 2.50 bits per heavy atom. The minimum absolute atomic E-state index is 0.120. The quantitative estimate of drug-likeness (QED) is 0.762. The number of nitrogens with zero attached hydrogens (tertiary/aromatic N) is 1. The van der Waals surface area contributed by atoms with Crippen molar-refractivity contribution in [2.75, 3.05) is 6.54 Å². The second-order valence-electron chi connectivity index (χ2n) is 7.00. The van der Waals surface area contributed by atoms with Crippen molar-refractivity contribution < 1.29 is 4.79 Å². The number of likely N-dealkylation sites (tertiary alicyclic amines) is 1. The SMILES string of the molecule is CC(C)(C)c1ccc(C(=O)N2CCC[C@@H]2c2cccs2)cc1. The van der Waals surface area contributed by atoms with Crippen molar-refractivity contribution in [1.29, 1.82) is 0 Å². The third-order valence-electron chi connectivity index (χ3n) is 4.38. The number of rotatable bonds is 2. The molecule has 1 aromatic heterocycles. The van der Waals surface area contributed by atoms with Gasteiger partial charge in [-0.05, 0) is 47.4 Å². The Kier molecular flexibility index (Phi) is 4.09. The Balaban J connectivity index is 1.81. The van der Waals surface area contributed by atoms with E-state index in [1.807, 2.05) is 17.0 Å². The summed E-state index contributed by atoms with van der Waals surface area (Å²) in [5.41, 5.74) is 2.19. The molecule has 3 heteroatoms. The maximum Gasteiger partial charge on any atom is 0.254 e. The molecule has 3 rings (SSSR count). The molecule has 0 N–H and O–H groups in total. The van der Waals surface area contributed by atoms with Gasteiger partial charge in [0.15, 0.2) is 0 Å². The number of hydrogen-bond acceptors (Lipinski definition) is 2. The minimum atomic E-state index is 0.120. The molecule has 2 heterocycles. The van der Waals surface area contributed by atoms with Crippen LogP contribution in [0.3, 0.4) is 0 Å². The molecular weight excluding hydrogens is 290 g/mol. The molecule has 0 radical (unpaired) electrons. The number of hydrogen-bond donors (Lipinski definition) is 0. The minimum Gasteiger partial charge on any atom is -0.331 e. The van der Waals surface area contributed by atoms with Crippen LogP contribution in [0, 0.1) is 0 Å². The Morgan fingerprint density at radius 2 is 1.91 bits per heavy atom. The zero-order valence-electron chi connectivity index (χ0n) is 13.5. The van der Waals surface area contributed by atoms with Gasteiger partial charge in [-0.1, -0.05) is 39.0 Å². The lowest BCUT2D eigenvalue weighted by Crippen LogP contribution is -2.30. The Hall–Kier alpha value is -1.61. The van der Waals surface area contributed by atoms with E-state index in [2.05, 4.69) is 50.4 Å². The molecule has 0 saturated carbocycles. The van der Waals surface area contributed by atoms with Crippen LogP contribution in [-0.2, 0) is 5.41 Å². The molecular formula is C19H23NOS. The lowest BCUT2D eigenvalue weighted by Gasteiger charge is -2.25. The van der Waals surface area contributed by atoms with Crippen LogP contribution in [0.4, 0.5) is 0 Å². The van der Waals surface area contributed by atoms with E-state index in [9.17, 15) is 4.79 Å². The van der Waals surface area contributed by atoms with E-state index >= 15 is 0 Å². The van der Waals surface area contributed by atoms with Crippen molar-refractivity contribution >= 4 is 17.2 Å². The molecule has 2 nitrogen and oxygen atoms in total. The molecule has 22 heavy (non-hydrogen) atoms. The lowest BCUT2D eigenvalue weighted by atomic mass is 9.86. The molecule has 1 atom stereocenters. The van der Waals surface area contributed by atoms with Crippen molar-refractivity contribution in [1.82, 2.24) is 4.90 Å². The highest BCUT2D eigenvalue weighted by molar-refractivity contribution is 7.10. The number of thiophene rings is 1. The van der Waals surface area contributed by atoms with Gasteiger partial charge in [-0.25, -0.2) is 0 Å². The molecule has 0 bridgehead atoms. The van der Waals surface area contributed by atoms with Gasteiger partial charge in [-0.3, -0.25) is 4.79 Å². The predicted molar refractivity (Wildman–Crippen MR) is 92.5 cm³/mol. The Labute approximate surface area is 136 Å². The van der Waals surface area contributed by atoms with Crippen LogP contribution in [0.1, 0.15) is 60.5 Å². The predicted octanol–water partition coefficient (Wildman–Crippen LogP) is 5.02. The first-order valence-electron chi connectivity index (χ1n) is 7.92. The van der Waals surface area contributed by atoms with Gasteiger partial charge >= 0.3 is 0 Å². The molecule has 2 aromatic rings. The lowest BCUT2D eigenvalue weighted by molar-refractivity contribution is 0.0738. The van der Waals surface area contributed by atoms with Crippen LogP contribution in [-0.4, -0.2) is 17.4 Å². The third-order valence-corrected chi connectivity index (χ3v) is 5.36. The van der Waals surface area contributed by atoms with Gasteiger partial charge in [0.1, 0.15) is 0 Å². The first-order valence-corrected chi connectivity index (χ1v) is 8.80. The van der Waals surface area contributed by atoms with Crippen LogP contribution in [0.25, 0.3) is 0 Å². The fraction of sp³-hybridized carbons (Fsp3) is 0.421. The third kappa shape index (κ3) is 2.95. The van der Waals surface area contributed by atoms with E-state index in [0.717, 1.165) is 24.9 Å². The number of carbonyl (C=O) groups excluding carboxylic acids is 1. The van der Waals surface area contributed by atoms with Crippen LogP contribution in [0.15, 0.2) is 41.8 Å². The first kappa shape index (κ1) is 15.3. The van der Waals surface area contributed by atoms with Crippen molar-refractivity contribution in [3.63, 3.8) is 0 Å². The smallest absolute Gasteiger partial charge is 0.254 e. The monoisotopic (exact) mass is 313 g/mol. The highest BCUT2D eigenvalue weighted by Gasteiger charge is 2.31. The maximum absolute atomic E-state index is 12.8. The second-order valence-corrected chi connectivity index (χ2v) is 7.98. The van der Waals surface area contributed by atoms with Crippen LogP contribution in [0.5, 0.6) is 0 Å². The van der Waals surface area contributed by atoms with E-state index in [4.69, 9.17) is 0 Å². The average Bonchev–Trinajstić information content (AvgIpc) is 3.16. The normalized spacial score (nSPS) is 18.7. The van der Waals surface area contributed by atoms with Gasteiger partial charge in [0.05, 0.1) is 6.04 Å². The maximum atomic E-state index is 12.8. The van der Waals surface area contributed by atoms with Crippen molar-refractivity contribution in [3.05, 3.63) is 57.8 Å². The second kappa shape index (κ2) is 5.88. The van der Waals surface area contributed by atoms with Gasteiger partial charge in [0, 0.05) is 17.0 Å². The van der Waals surface area contributed by atoms with Crippen LogP contribution < -0.4 is 0 Å². The molecule has 1 fully saturated rings. The van der Waals surface area contributed by atoms with Gasteiger partial charge in [-0.15, -0.1) is 11.3 Å². The summed E-state index contributed by atoms with van der Waals surface area (Å²) in [7, 11) is 0. The van der Waals surface area contributed by atoms with Crippen molar-refractivity contribution in [3.8, 4) is 0 Å². The molecule has 116 valence electrons. The van der Waals surface area contributed by atoms with Gasteiger partial charge in [-0.2, -0.15) is 0 Å². The molecule has 0 unspecified atom stereocenters. The van der Waals surface area contributed by atoms with Crippen molar-refractivity contribution in [2.24, 2.45) is 0 Å². The van der Waals surface area contributed by atoms with Gasteiger partial charge < -0.3 is 4.90 Å². The summed E-state index contributed by atoms with van der Waals surface area (Å²) in [6, 6.07) is 12.6. The van der Waals surface area contributed by atoms with Crippen LogP contribution >= 0.6 is 11.3 Å². The van der Waals surface area contributed by atoms with E-state index in [-0.39, 0.29) is 17.4 Å². The standard InChI is InChI=1S/C19H23NOS/c1-19(2,3)15-10-8-14(9-11-15)18(21)20-12-4-6-16(20)17-7-5-13-22-17/h5,7-11,13,16H,4,6,12H2,1-3H3/t16-/m1/s1. The topological polar surface area (TPSA) is 20.3 Å². The summed E-state index contributed by atoms with van der Waals surface area (Å²) in [5, 5.41) is 2.09. The summed E-state index contributed by atoms with van der Waals surface area (Å²) < 4.78 is 0. The highest BCUT2D eigenvalue weighted by atomic mass is 32.1. The molecule has 1 aliphatic heterocycles. The van der Waals surface area contributed by atoms with Gasteiger partial charge in [0.2, 0.25) is 0 Å². The number of carbonyl (C=O) groups is 1. The van der Waals surface area contributed by atoms with Crippen LogP contribution in [0.2, 0.25) is 0 Å². The molecule has 1 amide bonds. The number of benzene rings is 1. The summed E-state index contributed by atoms with van der Waals surface area (Å²) in [5.74, 6) is 0.163. The van der Waals surface area contributed by atoms with Gasteiger partial charge in [0.25, 0.3) is 5.91 Å². The average molecular weight is 313 g/mol. The molecule has 1 aliphatic rings. The zero-order chi connectivity index (χ0) is 15.7. The summed E-state index contributed by atoms with van der Waals surface area (Å²) in [4.78, 5) is 16.2. The van der Waals surface area contributed by atoms with E-state index in [1.165, 1.54) is 10.4 Å². The zero-order valence-corrected chi connectivity index (χ0v) is 14.3. The molecule has 1 saturated heterocycles. The molecule has 0 aliphatic carbocycles.